The van der Waals surface area contributed by atoms with Gasteiger partial charge in [0.15, 0.2) is 5.78 Å². The molecule has 0 saturated heterocycles. The second-order valence-electron chi connectivity index (χ2n) is 3.94. The Bertz CT molecular complexity index is 542. The minimum atomic E-state index is 0.0813. The molecule has 0 spiro atoms. The summed E-state index contributed by atoms with van der Waals surface area (Å²) in [7, 11) is 0. The number of aryl methyl sites for hydroxylation is 3. The summed E-state index contributed by atoms with van der Waals surface area (Å²) in [5.41, 5.74) is 2.40. The molecule has 0 N–H and O–H groups in total. The van der Waals surface area contributed by atoms with Crippen LogP contribution >= 0.6 is 11.3 Å². The van der Waals surface area contributed by atoms with Crippen LogP contribution in [-0.2, 0) is 13.0 Å². The van der Waals surface area contributed by atoms with Crippen molar-refractivity contribution >= 4 is 17.1 Å². The van der Waals surface area contributed by atoms with Gasteiger partial charge in [0.05, 0.1) is 22.8 Å². The van der Waals surface area contributed by atoms with E-state index in [1.807, 2.05) is 32.2 Å². The van der Waals surface area contributed by atoms with E-state index >= 15 is 0 Å². The van der Waals surface area contributed by atoms with Crippen LogP contribution in [-0.4, -0.2) is 20.5 Å². The van der Waals surface area contributed by atoms with Gasteiger partial charge in [-0.25, -0.2) is 4.98 Å². The molecule has 0 atom stereocenters. The summed E-state index contributed by atoms with van der Waals surface area (Å²) < 4.78 is 1.75. The Morgan fingerprint density at radius 3 is 2.82 bits per heavy atom. The quantitative estimate of drug-likeness (QED) is 0.782. The first-order valence-corrected chi connectivity index (χ1v) is 6.46. The molecular weight excluding hydrogens is 234 g/mol. The van der Waals surface area contributed by atoms with Gasteiger partial charge in [0.25, 0.3) is 0 Å². The molecule has 0 aromatic carbocycles. The molecule has 90 valence electrons. The van der Waals surface area contributed by atoms with Gasteiger partial charge in [0, 0.05) is 11.9 Å². The first-order chi connectivity index (χ1) is 8.10. The molecule has 0 bridgehead atoms. The number of carbonyl (C=O) groups is 1. The highest BCUT2D eigenvalue weighted by atomic mass is 32.1. The molecule has 2 heterocycles. The van der Waals surface area contributed by atoms with E-state index in [2.05, 4.69) is 10.1 Å². The van der Waals surface area contributed by atoms with Crippen LogP contribution in [0.5, 0.6) is 0 Å². The van der Waals surface area contributed by atoms with E-state index in [0.29, 0.717) is 18.7 Å². The van der Waals surface area contributed by atoms with E-state index in [-0.39, 0.29) is 5.78 Å². The Labute approximate surface area is 104 Å². The summed E-state index contributed by atoms with van der Waals surface area (Å²) in [5, 5.41) is 7.21. The predicted octanol–water partition coefficient (Wildman–Crippen LogP) is 2.40. The third-order valence-electron chi connectivity index (χ3n) is 2.50. The highest BCUT2D eigenvalue weighted by molar-refractivity contribution is 7.09. The molecule has 4 nitrogen and oxygen atoms in total. The normalized spacial score (nSPS) is 10.8. The SMILES string of the molecule is CCn1nc(C)cc1C(=O)Cc1csc(C)n1. The predicted molar refractivity (Wildman–Crippen MR) is 67.5 cm³/mol. The molecule has 17 heavy (non-hydrogen) atoms. The Kier molecular flexibility index (Phi) is 3.38. The zero-order valence-electron chi connectivity index (χ0n) is 10.2. The smallest absolute Gasteiger partial charge is 0.186 e. The number of aromatic nitrogens is 3. The van der Waals surface area contributed by atoms with Crippen LogP contribution in [0, 0.1) is 13.8 Å². The lowest BCUT2D eigenvalue weighted by Gasteiger charge is -2.01. The van der Waals surface area contributed by atoms with Crippen LogP contribution in [0.2, 0.25) is 0 Å². The number of thiazole rings is 1. The molecule has 0 aliphatic rings. The van der Waals surface area contributed by atoms with Gasteiger partial charge in [0.2, 0.25) is 0 Å². The number of hydrogen-bond donors (Lipinski definition) is 0. The number of hydrogen-bond acceptors (Lipinski definition) is 4. The topological polar surface area (TPSA) is 47.8 Å². The maximum absolute atomic E-state index is 12.1. The maximum atomic E-state index is 12.1. The average molecular weight is 249 g/mol. The molecule has 2 aromatic rings. The zero-order valence-corrected chi connectivity index (χ0v) is 11.0. The second kappa shape index (κ2) is 4.79. The van der Waals surface area contributed by atoms with Crippen molar-refractivity contribution in [2.45, 2.75) is 33.7 Å². The Hall–Kier alpha value is -1.49. The van der Waals surface area contributed by atoms with Crippen molar-refractivity contribution < 1.29 is 4.79 Å². The molecule has 0 radical (unpaired) electrons. The van der Waals surface area contributed by atoms with Crippen LogP contribution in [0.15, 0.2) is 11.4 Å². The summed E-state index contributed by atoms with van der Waals surface area (Å²) in [4.78, 5) is 16.4. The highest BCUT2D eigenvalue weighted by Crippen LogP contribution is 2.12. The van der Waals surface area contributed by atoms with Crippen LogP contribution in [0.4, 0.5) is 0 Å². The first-order valence-electron chi connectivity index (χ1n) is 5.58. The fourth-order valence-electron chi connectivity index (χ4n) is 1.76. The molecule has 5 heteroatoms. The van der Waals surface area contributed by atoms with E-state index in [1.165, 1.54) is 0 Å². The zero-order chi connectivity index (χ0) is 12.4. The summed E-state index contributed by atoms with van der Waals surface area (Å²) >= 11 is 1.57. The van der Waals surface area contributed by atoms with E-state index in [4.69, 9.17) is 0 Å². The van der Waals surface area contributed by atoms with Crippen molar-refractivity contribution in [3.05, 3.63) is 33.5 Å². The van der Waals surface area contributed by atoms with Gasteiger partial charge in [-0.2, -0.15) is 5.10 Å². The van der Waals surface area contributed by atoms with Crippen LogP contribution in [0.1, 0.15) is 33.8 Å². The van der Waals surface area contributed by atoms with Crippen molar-refractivity contribution in [3.63, 3.8) is 0 Å². The van der Waals surface area contributed by atoms with Gasteiger partial charge in [-0.1, -0.05) is 0 Å². The maximum Gasteiger partial charge on any atom is 0.186 e. The number of rotatable bonds is 4. The molecule has 0 aliphatic carbocycles. The minimum Gasteiger partial charge on any atom is -0.292 e. The number of carbonyl (C=O) groups excluding carboxylic acids is 1. The fourth-order valence-corrected chi connectivity index (χ4v) is 2.37. The van der Waals surface area contributed by atoms with Gasteiger partial charge >= 0.3 is 0 Å². The van der Waals surface area contributed by atoms with Gasteiger partial charge in [-0.15, -0.1) is 11.3 Å². The Morgan fingerprint density at radius 2 is 2.24 bits per heavy atom. The molecule has 0 aliphatic heterocycles. The van der Waals surface area contributed by atoms with Crippen LogP contribution in [0.25, 0.3) is 0 Å². The van der Waals surface area contributed by atoms with Gasteiger partial charge in [-0.3, -0.25) is 9.48 Å². The standard InChI is InChI=1S/C12H15N3OS/c1-4-15-11(5-8(2)14-15)12(16)6-10-7-17-9(3)13-10/h5,7H,4,6H2,1-3H3. The van der Waals surface area contributed by atoms with Crippen molar-refractivity contribution in [2.75, 3.05) is 0 Å². The molecule has 2 aromatic heterocycles. The van der Waals surface area contributed by atoms with E-state index < -0.39 is 0 Å². The lowest BCUT2D eigenvalue weighted by molar-refractivity contribution is 0.0982. The van der Waals surface area contributed by atoms with Gasteiger partial charge < -0.3 is 0 Å². The summed E-state index contributed by atoms with van der Waals surface area (Å²) in [5.74, 6) is 0.0813. The van der Waals surface area contributed by atoms with Gasteiger partial charge in [-0.05, 0) is 26.8 Å². The average Bonchev–Trinajstić information content (AvgIpc) is 2.84. The number of Topliss-reactive ketones (excluding diaryl/α,β-unsaturated/α-hetero) is 1. The van der Waals surface area contributed by atoms with Crippen LogP contribution in [0.3, 0.4) is 0 Å². The van der Waals surface area contributed by atoms with Crippen LogP contribution < -0.4 is 0 Å². The number of nitrogens with zero attached hydrogens (tertiary/aromatic N) is 3. The molecular formula is C12H15N3OS. The Morgan fingerprint density at radius 1 is 1.47 bits per heavy atom. The highest BCUT2D eigenvalue weighted by Gasteiger charge is 2.14. The number of ketones is 1. The van der Waals surface area contributed by atoms with Crippen molar-refractivity contribution in [3.8, 4) is 0 Å². The molecule has 2 rings (SSSR count). The monoisotopic (exact) mass is 249 g/mol. The summed E-state index contributed by atoms with van der Waals surface area (Å²) in [6.45, 7) is 6.54. The van der Waals surface area contributed by atoms with E-state index in [1.54, 1.807) is 16.0 Å². The van der Waals surface area contributed by atoms with E-state index in [0.717, 1.165) is 16.4 Å². The fraction of sp³-hybridized carbons (Fsp3) is 0.417. The molecule has 0 saturated carbocycles. The van der Waals surface area contributed by atoms with Crippen molar-refractivity contribution in [1.29, 1.82) is 0 Å². The third kappa shape index (κ3) is 2.61. The second-order valence-corrected chi connectivity index (χ2v) is 5.01. The third-order valence-corrected chi connectivity index (χ3v) is 3.32. The lowest BCUT2D eigenvalue weighted by Crippen LogP contribution is -2.11. The molecule has 0 amide bonds. The van der Waals surface area contributed by atoms with Crippen molar-refractivity contribution in [1.82, 2.24) is 14.8 Å². The van der Waals surface area contributed by atoms with Crippen molar-refractivity contribution in [2.24, 2.45) is 0 Å². The van der Waals surface area contributed by atoms with E-state index in [9.17, 15) is 4.79 Å². The summed E-state index contributed by atoms with van der Waals surface area (Å²) in [6, 6.07) is 1.84. The van der Waals surface area contributed by atoms with Gasteiger partial charge in [0.1, 0.15) is 5.69 Å². The molecule has 0 unspecified atom stereocenters. The summed E-state index contributed by atoms with van der Waals surface area (Å²) in [6.07, 6.45) is 0.357. The largest absolute Gasteiger partial charge is 0.292 e. The minimum absolute atomic E-state index is 0.0813. The molecule has 0 fully saturated rings. The first kappa shape index (κ1) is 12.0. The lowest BCUT2D eigenvalue weighted by atomic mass is 10.1. The Balaban J connectivity index is 2.19.